The van der Waals surface area contributed by atoms with Crippen LogP contribution in [0.1, 0.15) is 13.3 Å². The maximum Gasteiger partial charge on any atom is 0.164 e. The van der Waals surface area contributed by atoms with E-state index in [-0.39, 0.29) is 18.0 Å². The van der Waals surface area contributed by atoms with Crippen LogP contribution in [0.5, 0.6) is 0 Å². The zero-order valence-electron chi connectivity index (χ0n) is 6.57. The first-order valence-corrected chi connectivity index (χ1v) is 5.16. The summed E-state index contributed by atoms with van der Waals surface area (Å²) < 4.78 is 0.946. The summed E-state index contributed by atoms with van der Waals surface area (Å²) in [5.74, 6) is -0.195. The average molecular weight is 200 g/mol. The number of carbonyl (C=O) groups excluding carboxylic acids is 2. The number of allylic oxidation sites excluding steroid dienone is 1. The third-order valence-electron chi connectivity index (χ3n) is 1.13. The first-order chi connectivity index (χ1) is 5.68. The predicted molar refractivity (Wildman–Crippen MR) is 52.7 cm³/mol. The molecule has 1 aliphatic rings. The highest BCUT2D eigenvalue weighted by Crippen LogP contribution is 2.37. The van der Waals surface area contributed by atoms with Gasteiger partial charge in [0.05, 0.1) is 10.7 Å². The second-order valence-electron chi connectivity index (χ2n) is 2.32. The van der Waals surface area contributed by atoms with Crippen molar-refractivity contribution < 1.29 is 9.59 Å². The van der Waals surface area contributed by atoms with Crippen molar-refractivity contribution in [3.8, 4) is 0 Å². The minimum Gasteiger partial charge on any atom is -0.300 e. The van der Waals surface area contributed by atoms with Crippen LogP contribution in [0.3, 0.4) is 0 Å². The van der Waals surface area contributed by atoms with Gasteiger partial charge < -0.3 is 0 Å². The van der Waals surface area contributed by atoms with Crippen LogP contribution in [-0.2, 0) is 9.59 Å². The van der Waals surface area contributed by atoms with E-state index in [2.05, 4.69) is 0 Å². The van der Waals surface area contributed by atoms with Gasteiger partial charge in [0, 0.05) is 6.08 Å². The van der Waals surface area contributed by atoms with E-state index in [1.54, 1.807) is 0 Å². The Balaban J connectivity index is 2.44. The van der Waals surface area contributed by atoms with Crippen molar-refractivity contribution >= 4 is 35.1 Å². The predicted octanol–water partition coefficient (Wildman–Crippen LogP) is 2.33. The lowest BCUT2D eigenvalue weighted by molar-refractivity contribution is -0.123. The minimum atomic E-state index is -0.110. The molecule has 0 aromatic heterocycles. The fraction of sp³-hybridized carbons (Fsp3) is 0.250. The Bertz CT molecular complexity index is 256. The summed E-state index contributed by atoms with van der Waals surface area (Å²) in [6, 6.07) is 0. The van der Waals surface area contributed by atoms with Crippen LogP contribution in [0.25, 0.3) is 0 Å². The van der Waals surface area contributed by atoms with Crippen molar-refractivity contribution in [2.45, 2.75) is 13.3 Å². The molecule has 0 saturated carbocycles. The number of thioether (sulfide) groups is 2. The van der Waals surface area contributed by atoms with Crippen LogP contribution in [0.2, 0.25) is 0 Å². The molecule has 12 heavy (non-hydrogen) atoms. The Labute approximate surface area is 79.5 Å². The van der Waals surface area contributed by atoms with Crippen molar-refractivity contribution in [3.05, 3.63) is 21.1 Å². The van der Waals surface area contributed by atoms with Crippen molar-refractivity contribution in [2.24, 2.45) is 0 Å². The number of rotatable bonds is 3. The van der Waals surface area contributed by atoms with E-state index >= 15 is 0 Å². The Morgan fingerprint density at radius 3 is 2.50 bits per heavy atom. The number of hydrogen-bond acceptors (Lipinski definition) is 4. The largest absolute Gasteiger partial charge is 0.300 e. The molecule has 0 bridgehead atoms. The number of carbonyl (C=O) groups is 2. The van der Waals surface area contributed by atoms with E-state index in [4.69, 9.17) is 0 Å². The lowest BCUT2D eigenvalue weighted by Crippen LogP contribution is -2.00. The molecule has 0 fully saturated rings. The monoisotopic (exact) mass is 200 g/mol. The fourth-order valence-electron chi connectivity index (χ4n) is 0.713. The molecule has 2 nitrogen and oxygen atoms in total. The third kappa shape index (κ3) is 3.28. The first kappa shape index (κ1) is 9.61. The molecule has 0 amide bonds. The fourth-order valence-corrected chi connectivity index (χ4v) is 2.38. The van der Waals surface area contributed by atoms with Crippen molar-refractivity contribution in [2.75, 3.05) is 0 Å². The van der Waals surface area contributed by atoms with Crippen LogP contribution in [0.15, 0.2) is 21.1 Å². The molecule has 0 aliphatic carbocycles. The second-order valence-corrected chi connectivity index (χ2v) is 4.47. The molecule has 0 atom stereocenters. The third-order valence-corrected chi connectivity index (χ3v) is 3.12. The van der Waals surface area contributed by atoms with Crippen molar-refractivity contribution in [1.29, 1.82) is 0 Å². The summed E-state index contributed by atoms with van der Waals surface area (Å²) in [7, 11) is 0. The molecule has 0 spiro atoms. The molecule has 4 heteroatoms. The molecular formula is C8H8O2S2. The van der Waals surface area contributed by atoms with Crippen LogP contribution in [0.4, 0.5) is 0 Å². The van der Waals surface area contributed by atoms with E-state index in [1.165, 1.54) is 36.5 Å². The minimum absolute atomic E-state index is 0.0185. The van der Waals surface area contributed by atoms with Gasteiger partial charge in [0.1, 0.15) is 5.78 Å². The lowest BCUT2D eigenvalue weighted by Gasteiger charge is -1.92. The molecule has 64 valence electrons. The van der Waals surface area contributed by atoms with Gasteiger partial charge in [0.2, 0.25) is 0 Å². The highest BCUT2D eigenvalue weighted by atomic mass is 32.2. The highest BCUT2D eigenvalue weighted by molar-refractivity contribution is 8.27. The van der Waals surface area contributed by atoms with Gasteiger partial charge in [-0.15, -0.1) is 0 Å². The zero-order valence-corrected chi connectivity index (χ0v) is 8.21. The Morgan fingerprint density at radius 1 is 1.42 bits per heavy atom. The normalized spacial score (nSPS) is 14.9. The Kier molecular flexibility index (Phi) is 3.62. The number of ketones is 2. The average Bonchev–Trinajstić information content (AvgIpc) is 2.37. The van der Waals surface area contributed by atoms with Gasteiger partial charge in [-0.3, -0.25) is 9.59 Å². The van der Waals surface area contributed by atoms with Crippen molar-refractivity contribution in [1.82, 2.24) is 0 Å². The van der Waals surface area contributed by atoms with E-state index in [9.17, 15) is 9.59 Å². The lowest BCUT2D eigenvalue weighted by atomic mass is 10.2. The van der Waals surface area contributed by atoms with Crippen molar-refractivity contribution in [3.63, 3.8) is 0 Å². The summed E-state index contributed by atoms with van der Waals surface area (Å²) >= 11 is 3.02. The molecule has 1 aliphatic heterocycles. The maximum atomic E-state index is 11.1. The second kappa shape index (κ2) is 4.52. The molecule has 0 saturated heterocycles. The van der Waals surface area contributed by atoms with Gasteiger partial charge in [-0.05, 0) is 17.7 Å². The Morgan fingerprint density at radius 2 is 2.00 bits per heavy atom. The van der Waals surface area contributed by atoms with Gasteiger partial charge in [-0.1, -0.05) is 23.5 Å². The molecule has 0 N–H and O–H groups in total. The highest BCUT2D eigenvalue weighted by Gasteiger charge is 2.06. The molecule has 1 heterocycles. The van der Waals surface area contributed by atoms with E-state index in [1.807, 2.05) is 10.8 Å². The molecule has 0 aromatic rings. The standard InChI is InChI=1S/C8H8O2S2/c1-6(9)4-7(10)5-8-11-2-3-12-8/h2-3,5H,4H2,1H3. The summed E-state index contributed by atoms with van der Waals surface area (Å²) in [4.78, 5) is 21.6. The summed E-state index contributed by atoms with van der Waals surface area (Å²) in [5.41, 5.74) is 0. The van der Waals surface area contributed by atoms with Crippen LogP contribution in [-0.4, -0.2) is 11.6 Å². The van der Waals surface area contributed by atoms with Crippen LogP contribution >= 0.6 is 23.5 Å². The maximum absolute atomic E-state index is 11.1. The molecular weight excluding hydrogens is 192 g/mol. The molecule has 1 rings (SSSR count). The van der Waals surface area contributed by atoms with Gasteiger partial charge in [-0.2, -0.15) is 0 Å². The van der Waals surface area contributed by atoms with Crippen LogP contribution in [0, 0.1) is 0 Å². The zero-order chi connectivity index (χ0) is 8.97. The van der Waals surface area contributed by atoms with Gasteiger partial charge in [-0.25, -0.2) is 0 Å². The van der Waals surface area contributed by atoms with Gasteiger partial charge in [0.25, 0.3) is 0 Å². The van der Waals surface area contributed by atoms with E-state index in [0.717, 1.165) is 4.24 Å². The number of Topliss-reactive ketones (excluding diaryl/α,β-unsaturated/α-hetero) is 1. The first-order valence-electron chi connectivity index (χ1n) is 3.41. The summed E-state index contributed by atoms with van der Waals surface area (Å²) in [5, 5.41) is 3.83. The van der Waals surface area contributed by atoms with Gasteiger partial charge >= 0.3 is 0 Å². The molecule has 0 unspecified atom stereocenters. The van der Waals surface area contributed by atoms with Gasteiger partial charge in [0.15, 0.2) is 5.78 Å². The SMILES string of the molecule is CC(=O)CC(=O)C=C1SC=CS1. The topological polar surface area (TPSA) is 34.1 Å². The smallest absolute Gasteiger partial charge is 0.164 e. The molecule has 0 aromatic carbocycles. The van der Waals surface area contributed by atoms with Crippen LogP contribution < -0.4 is 0 Å². The Hall–Kier alpha value is -0.480. The quantitative estimate of drug-likeness (QED) is 0.517. The van der Waals surface area contributed by atoms with E-state index in [0.29, 0.717) is 0 Å². The summed E-state index contributed by atoms with van der Waals surface area (Å²) in [6.07, 6.45) is 1.54. The van der Waals surface area contributed by atoms with E-state index < -0.39 is 0 Å². The molecule has 0 radical (unpaired) electrons. The number of hydrogen-bond donors (Lipinski definition) is 0. The summed E-state index contributed by atoms with van der Waals surface area (Å²) in [6.45, 7) is 1.42.